The molecule has 0 aliphatic rings. The standard InChI is InChI=1S/C25H40O4S/c1-2-3-4-5-6-7-8-9-10-14-18-25(24(28)29,21-30-19-17-23(26)27)20-22-15-12-11-13-16-22/h11-13,15-16H,2-10,14,17-21H2,1H3,(H,26,27)(H,28,29). The van der Waals surface area contributed by atoms with Crippen molar-refractivity contribution < 1.29 is 19.8 Å². The van der Waals surface area contributed by atoms with E-state index < -0.39 is 17.4 Å². The Bertz CT molecular complexity index is 590. The van der Waals surface area contributed by atoms with E-state index in [1.165, 1.54) is 63.1 Å². The van der Waals surface area contributed by atoms with Gasteiger partial charge >= 0.3 is 11.9 Å². The molecule has 1 unspecified atom stereocenters. The second kappa shape index (κ2) is 16.2. The van der Waals surface area contributed by atoms with Gasteiger partial charge in [0.2, 0.25) is 0 Å². The number of unbranched alkanes of at least 4 members (excludes halogenated alkanes) is 9. The molecular formula is C25H40O4S. The fourth-order valence-electron chi connectivity index (χ4n) is 3.82. The number of carbonyl (C=O) groups is 2. The smallest absolute Gasteiger partial charge is 0.310 e. The quantitative estimate of drug-likeness (QED) is 0.233. The summed E-state index contributed by atoms with van der Waals surface area (Å²) in [6.07, 6.45) is 13.5. The van der Waals surface area contributed by atoms with Crippen molar-refractivity contribution in [2.75, 3.05) is 11.5 Å². The number of rotatable bonds is 19. The molecule has 0 bridgehead atoms. The molecule has 1 aromatic carbocycles. The maximum Gasteiger partial charge on any atom is 0.310 e. The molecule has 0 heterocycles. The van der Waals surface area contributed by atoms with Crippen molar-refractivity contribution in [3.63, 3.8) is 0 Å². The van der Waals surface area contributed by atoms with Gasteiger partial charge in [-0.25, -0.2) is 0 Å². The van der Waals surface area contributed by atoms with E-state index in [1.54, 1.807) is 0 Å². The number of hydrogen-bond acceptors (Lipinski definition) is 3. The Labute approximate surface area is 186 Å². The summed E-state index contributed by atoms with van der Waals surface area (Å²) < 4.78 is 0. The molecular weight excluding hydrogens is 396 g/mol. The van der Waals surface area contributed by atoms with Crippen LogP contribution in [-0.2, 0) is 16.0 Å². The van der Waals surface area contributed by atoms with Gasteiger partial charge in [0.1, 0.15) is 0 Å². The maximum absolute atomic E-state index is 12.3. The van der Waals surface area contributed by atoms with Gasteiger partial charge in [0.05, 0.1) is 11.8 Å². The van der Waals surface area contributed by atoms with Crippen LogP contribution in [0.4, 0.5) is 0 Å². The highest BCUT2D eigenvalue weighted by atomic mass is 32.2. The molecule has 0 fully saturated rings. The van der Waals surface area contributed by atoms with Crippen LogP contribution in [-0.4, -0.2) is 33.7 Å². The van der Waals surface area contributed by atoms with E-state index >= 15 is 0 Å². The first-order valence-corrected chi connectivity index (χ1v) is 12.7. The van der Waals surface area contributed by atoms with Crippen molar-refractivity contribution in [1.82, 2.24) is 0 Å². The second-order valence-electron chi connectivity index (χ2n) is 8.38. The van der Waals surface area contributed by atoms with E-state index in [4.69, 9.17) is 5.11 Å². The molecule has 0 spiro atoms. The first kappa shape index (κ1) is 26.5. The second-order valence-corrected chi connectivity index (χ2v) is 9.48. The number of carboxylic acid groups (broad SMARTS) is 2. The molecule has 2 N–H and O–H groups in total. The minimum absolute atomic E-state index is 0.0734. The predicted molar refractivity (Wildman–Crippen MR) is 126 cm³/mol. The van der Waals surface area contributed by atoms with Gasteiger partial charge in [0.15, 0.2) is 0 Å². The van der Waals surface area contributed by atoms with E-state index in [9.17, 15) is 14.7 Å². The highest BCUT2D eigenvalue weighted by Crippen LogP contribution is 2.34. The molecule has 0 aliphatic carbocycles. The highest BCUT2D eigenvalue weighted by molar-refractivity contribution is 7.99. The minimum atomic E-state index is -0.832. The predicted octanol–water partition coefficient (Wildman–Crippen LogP) is 6.82. The van der Waals surface area contributed by atoms with Crippen molar-refractivity contribution >= 4 is 23.7 Å². The first-order chi connectivity index (χ1) is 14.5. The van der Waals surface area contributed by atoms with E-state index in [2.05, 4.69) is 6.92 Å². The Hall–Kier alpha value is -1.49. The number of thioether (sulfide) groups is 1. The summed E-state index contributed by atoms with van der Waals surface area (Å²) in [7, 11) is 0. The van der Waals surface area contributed by atoms with Crippen molar-refractivity contribution in [1.29, 1.82) is 0 Å². The largest absolute Gasteiger partial charge is 0.481 e. The van der Waals surface area contributed by atoms with Crippen molar-refractivity contribution in [2.24, 2.45) is 5.41 Å². The van der Waals surface area contributed by atoms with Gasteiger partial charge in [0, 0.05) is 11.5 Å². The van der Waals surface area contributed by atoms with Gasteiger partial charge < -0.3 is 10.2 Å². The summed E-state index contributed by atoms with van der Waals surface area (Å²) >= 11 is 1.46. The third-order valence-electron chi connectivity index (χ3n) is 5.69. The zero-order valence-corrected chi connectivity index (χ0v) is 19.4. The molecule has 30 heavy (non-hydrogen) atoms. The fourth-order valence-corrected chi connectivity index (χ4v) is 5.04. The molecule has 1 atom stereocenters. The zero-order chi connectivity index (χ0) is 22.1. The van der Waals surface area contributed by atoms with Crippen LogP contribution < -0.4 is 0 Å². The van der Waals surface area contributed by atoms with Crippen molar-refractivity contribution in [3.8, 4) is 0 Å². The minimum Gasteiger partial charge on any atom is -0.481 e. The Balaban J connectivity index is 2.51. The van der Waals surface area contributed by atoms with E-state index in [-0.39, 0.29) is 6.42 Å². The molecule has 4 nitrogen and oxygen atoms in total. The number of hydrogen-bond donors (Lipinski definition) is 2. The summed E-state index contributed by atoms with van der Waals surface area (Å²) in [6.45, 7) is 2.24. The molecule has 0 saturated heterocycles. The van der Waals surface area contributed by atoms with Crippen molar-refractivity contribution in [3.05, 3.63) is 35.9 Å². The van der Waals surface area contributed by atoms with E-state index in [1.807, 2.05) is 30.3 Å². The Kier molecular flexibility index (Phi) is 14.4. The van der Waals surface area contributed by atoms with Gasteiger partial charge in [-0.2, -0.15) is 11.8 Å². The average Bonchev–Trinajstić information content (AvgIpc) is 2.72. The summed E-state index contributed by atoms with van der Waals surface area (Å²) in [5, 5.41) is 19.0. The topological polar surface area (TPSA) is 74.6 Å². The summed E-state index contributed by atoms with van der Waals surface area (Å²) in [5.74, 6) is -0.676. The summed E-state index contributed by atoms with van der Waals surface area (Å²) in [4.78, 5) is 23.1. The molecule has 0 aromatic heterocycles. The monoisotopic (exact) mass is 436 g/mol. The molecule has 0 saturated carbocycles. The van der Waals surface area contributed by atoms with Gasteiger partial charge in [-0.3, -0.25) is 9.59 Å². The van der Waals surface area contributed by atoms with Crippen LogP contribution in [0.2, 0.25) is 0 Å². The maximum atomic E-state index is 12.3. The lowest BCUT2D eigenvalue weighted by Gasteiger charge is -2.29. The number of carboxylic acids is 2. The normalized spacial score (nSPS) is 13.1. The third-order valence-corrected chi connectivity index (χ3v) is 6.94. The van der Waals surface area contributed by atoms with Crippen molar-refractivity contribution in [2.45, 2.75) is 90.4 Å². The lowest BCUT2D eigenvalue weighted by molar-refractivity contribution is -0.148. The number of benzene rings is 1. The fraction of sp³-hybridized carbons (Fsp3) is 0.680. The third kappa shape index (κ3) is 11.6. The number of aliphatic carboxylic acids is 2. The van der Waals surface area contributed by atoms with Gasteiger partial charge in [-0.05, 0) is 18.4 Å². The SMILES string of the molecule is CCCCCCCCCCCCC(CSCCC(=O)O)(Cc1ccccc1)C(=O)O. The van der Waals surface area contributed by atoms with Crippen LogP contribution in [0, 0.1) is 5.41 Å². The summed E-state index contributed by atoms with van der Waals surface area (Å²) in [5.41, 5.74) is 0.204. The molecule has 0 aliphatic heterocycles. The lowest BCUT2D eigenvalue weighted by atomic mass is 9.79. The molecule has 0 amide bonds. The Morgan fingerprint density at radius 3 is 1.97 bits per heavy atom. The molecule has 5 heteroatoms. The van der Waals surface area contributed by atoms with Crippen LogP contribution in [0.3, 0.4) is 0 Å². The Morgan fingerprint density at radius 1 is 0.867 bits per heavy atom. The van der Waals surface area contributed by atoms with E-state index in [0.717, 1.165) is 18.4 Å². The van der Waals surface area contributed by atoms with Crippen LogP contribution in [0.25, 0.3) is 0 Å². The van der Waals surface area contributed by atoms with Crippen LogP contribution in [0.5, 0.6) is 0 Å². The average molecular weight is 437 g/mol. The Morgan fingerprint density at radius 2 is 1.43 bits per heavy atom. The van der Waals surface area contributed by atoms with E-state index in [0.29, 0.717) is 24.3 Å². The van der Waals surface area contributed by atoms with Crippen LogP contribution in [0.1, 0.15) is 89.5 Å². The highest BCUT2D eigenvalue weighted by Gasteiger charge is 2.38. The molecule has 0 radical (unpaired) electrons. The van der Waals surface area contributed by atoms with Gasteiger partial charge in [-0.1, -0.05) is 101 Å². The zero-order valence-electron chi connectivity index (χ0n) is 18.6. The first-order valence-electron chi connectivity index (χ1n) is 11.6. The molecule has 1 aromatic rings. The van der Waals surface area contributed by atoms with Gasteiger partial charge in [-0.15, -0.1) is 0 Å². The van der Waals surface area contributed by atoms with Gasteiger partial charge in [0.25, 0.3) is 0 Å². The molecule has 1 rings (SSSR count). The summed E-state index contributed by atoms with van der Waals surface area (Å²) in [6, 6.07) is 9.80. The van der Waals surface area contributed by atoms with Crippen LogP contribution in [0.15, 0.2) is 30.3 Å². The lowest BCUT2D eigenvalue weighted by Crippen LogP contribution is -2.36. The molecule has 170 valence electrons. The van der Waals surface area contributed by atoms with Crippen LogP contribution >= 0.6 is 11.8 Å².